The van der Waals surface area contributed by atoms with Crippen LogP contribution in [0.5, 0.6) is 0 Å². The third-order valence-corrected chi connectivity index (χ3v) is 4.44. The van der Waals surface area contributed by atoms with E-state index in [4.69, 9.17) is 4.89 Å². The first-order valence-electron chi connectivity index (χ1n) is 10.2. The molecule has 166 valence electrons. The molecule has 0 aliphatic rings. The number of carbonyl (C=O) groups is 2. The van der Waals surface area contributed by atoms with Gasteiger partial charge in [-0.25, -0.2) is 9.59 Å². The zero-order chi connectivity index (χ0) is 22.3. The molecule has 6 nitrogen and oxygen atoms in total. The van der Waals surface area contributed by atoms with E-state index in [1.807, 2.05) is 34.6 Å². The van der Waals surface area contributed by atoms with Crippen LogP contribution in [0.2, 0.25) is 0 Å². The fourth-order valence-corrected chi connectivity index (χ4v) is 4.11. The molecule has 0 aromatic heterocycles. The molecule has 0 aromatic carbocycles. The van der Waals surface area contributed by atoms with Gasteiger partial charge in [0.15, 0.2) is 0 Å². The van der Waals surface area contributed by atoms with Gasteiger partial charge in [0.1, 0.15) is 0 Å². The van der Waals surface area contributed by atoms with Crippen molar-refractivity contribution in [2.24, 2.45) is 34.0 Å². The Hall–Kier alpha value is -1.14. The maximum Gasteiger partial charge on any atom is 0.349 e. The molecule has 0 aliphatic heterocycles. The molecule has 0 aliphatic carbocycles. The van der Waals surface area contributed by atoms with Crippen LogP contribution in [0.1, 0.15) is 95.4 Å². The molecule has 0 fully saturated rings. The third-order valence-electron chi connectivity index (χ3n) is 4.44. The van der Waals surface area contributed by atoms with Gasteiger partial charge in [-0.3, -0.25) is 9.78 Å². The van der Waals surface area contributed by atoms with Crippen molar-refractivity contribution in [3.05, 3.63) is 0 Å². The van der Waals surface area contributed by atoms with Crippen molar-refractivity contribution in [2.45, 2.75) is 95.4 Å². The second-order valence-corrected chi connectivity index (χ2v) is 11.7. The Kier molecular flexibility index (Phi) is 10.2. The van der Waals surface area contributed by atoms with Gasteiger partial charge in [0, 0.05) is 10.1 Å². The van der Waals surface area contributed by atoms with Crippen molar-refractivity contribution in [3.8, 4) is 0 Å². The van der Waals surface area contributed by atoms with Gasteiger partial charge in [0.2, 0.25) is 0 Å². The summed E-state index contributed by atoms with van der Waals surface area (Å²) in [5.74, 6) is -1.28. The van der Waals surface area contributed by atoms with Gasteiger partial charge in [-0.1, -0.05) is 76.2 Å². The molecule has 3 unspecified atom stereocenters. The van der Waals surface area contributed by atoms with Gasteiger partial charge < -0.3 is 0 Å². The van der Waals surface area contributed by atoms with Gasteiger partial charge in [0.25, 0.3) is 0 Å². The Balaban J connectivity index is 4.51. The molecule has 3 atom stereocenters. The molecule has 0 amide bonds. The number of carbonyl (C=O) groups excluding carboxylic acids is 2. The van der Waals surface area contributed by atoms with E-state index in [2.05, 4.69) is 56.5 Å². The number of hydrogen-bond acceptors (Lipinski definition) is 6. The highest BCUT2D eigenvalue weighted by Gasteiger charge is 2.39. The van der Waals surface area contributed by atoms with Gasteiger partial charge in [-0.15, -0.1) is 0 Å². The van der Waals surface area contributed by atoms with Crippen molar-refractivity contribution < 1.29 is 29.4 Å². The zero-order valence-corrected chi connectivity index (χ0v) is 19.8. The average Bonchev–Trinajstić information content (AvgIpc) is 2.37. The Morgan fingerprint density at radius 2 is 1.21 bits per heavy atom. The topological polar surface area (TPSA) is 71.1 Å². The van der Waals surface area contributed by atoms with Crippen LogP contribution in [0.15, 0.2) is 0 Å². The van der Waals surface area contributed by atoms with E-state index < -0.39 is 17.9 Å². The SMILES string of the molecule is CC(CC(=O)OOOOC(=O)C(C(C)CC(C)(C)C)C(C)(C)C)CC(C)(C)C. The lowest BCUT2D eigenvalue weighted by Gasteiger charge is -2.35. The number of rotatable bonds is 9. The molecule has 0 saturated heterocycles. The molecule has 0 N–H and O–H groups in total. The summed E-state index contributed by atoms with van der Waals surface area (Å²) < 4.78 is 0. The Labute approximate surface area is 171 Å². The molecule has 0 heterocycles. The van der Waals surface area contributed by atoms with E-state index in [0.29, 0.717) is 0 Å². The van der Waals surface area contributed by atoms with Crippen molar-refractivity contribution in [2.75, 3.05) is 0 Å². The van der Waals surface area contributed by atoms with E-state index >= 15 is 0 Å². The first-order chi connectivity index (χ1) is 12.4. The van der Waals surface area contributed by atoms with E-state index in [9.17, 15) is 9.59 Å². The lowest BCUT2D eigenvalue weighted by atomic mass is 9.69. The molecule has 0 aromatic rings. The Morgan fingerprint density at radius 1 is 0.750 bits per heavy atom. The predicted octanol–water partition coefficient (Wildman–Crippen LogP) is 6.05. The monoisotopic (exact) mass is 402 g/mol. The smallest absolute Gasteiger partial charge is 0.266 e. The van der Waals surface area contributed by atoms with Crippen molar-refractivity contribution in [3.63, 3.8) is 0 Å². The van der Waals surface area contributed by atoms with Gasteiger partial charge in [0.05, 0.1) is 12.3 Å². The van der Waals surface area contributed by atoms with Crippen LogP contribution in [0.3, 0.4) is 0 Å². The zero-order valence-electron chi connectivity index (χ0n) is 19.8. The van der Waals surface area contributed by atoms with E-state index in [0.717, 1.165) is 12.8 Å². The third kappa shape index (κ3) is 12.3. The molecule has 6 heteroatoms. The Bertz CT molecular complexity index is 493. The predicted molar refractivity (Wildman–Crippen MR) is 108 cm³/mol. The van der Waals surface area contributed by atoms with E-state index in [1.165, 1.54) is 0 Å². The minimum atomic E-state index is -0.568. The minimum absolute atomic E-state index is 0.0805. The highest BCUT2D eigenvalue weighted by molar-refractivity contribution is 5.73. The minimum Gasteiger partial charge on any atom is -0.266 e. The van der Waals surface area contributed by atoms with Crippen LogP contribution in [0.4, 0.5) is 0 Å². The van der Waals surface area contributed by atoms with E-state index in [1.54, 1.807) is 0 Å². The van der Waals surface area contributed by atoms with Crippen LogP contribution >= 0.6 is 0 Å². The standard InChI is InChI=1S/C22H42O6/c1-15(13-20(3,4)5)12-17(23)25-27-28-26-19(24)18(22(9,10)11)16(2)14-21(6,7)8/h15-16,18H,12-14H2,1-11H3. The quantitative estimate of drug-likeness (QED) is 0.266. The summed E-state index contributed by atoms with van der Waals surface area (Å²) in [6.07, 6.45) is 1.92. The van der Waals surface area contributed by atoms with Crippen LogP contribution in [-0.2, 0) is 29.4 Å². The van der Waals surface area contributed by atoms with E-state index in [-0.39, 0.29) is 34.5 Å². The summed E-state index contributed by atoms with van der Waals surface area (Å²) in [5.41, 5.74) is -0.109. The first-order valence-corrected chi connectivity index (χ1v) is 10.2. The van der Waals surface area contributed by atoms with Crippen molar-refractivity contribution in [1.82, 2.24) is 0 Å². The van der Waals surface area contributed by atoms with Gasteiger partial charge in [-0.2, -0.15) is 0 Å². The van der Waals surface area contributed by atoms with Crippen molar-refractivity contribution in [1.29, 1.82) is 0 Å². The van der Waals surface area contributed by atoms with Crippen LogP contribution in [0, 0.1) is 34.0 Å². The fourth-order valence-electron chi connectivity index (χ4n) is 4.11. The molecule has 0 bridgehead atoms. The Morgan fingerprint density at radius 3 is 1.64 bits per heavy atom. The molecule has 0 saturated carbocycles. The second-order valence-electron chi connectivity index (χ2n) is 11.7. The molecule has 0 spiro atoms. The van der Waals surface area contributed by atoms with Crippen LogP contribution in [-0.4, -0.2) is 11.9 Å². The molecule has 0 rings (SSSR count). The van der Waals surface area contributed by atoms with Gasteiger partial charge in [-0.05, 0) is 40.9 Å². The summed E-state index contributed by atoms with van der Waals surface area (Å²) in [5, 5.41) is 8.76. The summed E-state index contributed by atoms with van der Waals surface area (Å²) >= 11 is 0. The summed E-state index contributed by atoms with van der Waals surface area (Å²) in [6.45, 7) is 22.7. The summed E-state index contributed by atoms with van der Waals surface area (Å²) in [4.78, 5) is 33.6. The highest BCUT2D eigenvalue weighted by atomic mass is 17.7. The summed E-state index contributed by atoms with van der Waals surface area (Å²) in [6, 6.07) is 0. The average molecular weight is 403 g/mol. The normalized spacial score (nSPS) is 16.2. The fraction of sp³-hybridized carbons (Fsp3) is 0.909. The molecule has 28 heavy (non-hydrogen) atoms. The first kappa shape index (κ1) is 26.9. The second kappa shape index (κ2) is 10.6. The van der Waals surface area contributed by atoms with Gasteiger partial charge >= 0.3 is 11.9 Å². The van der Waals surface area contributed by atoms with Crippen LogP contribution in [0.25, 0.3) is 0 Å². The highest BCUT2D eigenvalue weighted by Crippen LogP contribution is 2.38. The molecular weight excluding hydrogens is 360 g/mol. The van der Waals surface area contributed by atoms with Crippen molar-refractivity contribution >= 4 is 11.9 Å². The lowest BCUT2D eigenvalue weighted by Crippen LogP contribution is -2.37. The molecule has 0 radical (unpaired) electrons. The largest absolute Gasteiger partial charge is 0.349 e. The molecular formula is C22H42O6. The maximum absolute atomic E-state index is 12.5. The number of hydrogen-bond donors (Lipinski definition) is 0. The van der Waals surface area contributed by atoms with Crippen LogP contribution < -0.4 is 0 Å². The maximum atomic E-state index is 12.5. The lowest BCUT2D eigenvalue weighted by molar-refractivity contribution is -0.601. The summed E-state index contributed by atoms with van der Waals surface area (Å²) in [7, 11) is 0.